The van der Waals surface area contributed by atoms with Gasteiger partial charge in [-0.15, -0.1) is 0 Å². The molecule has 8 heteroatoms. The van der Waals surface area contributed by atoms with Crippen molar-refractivity contribution in [3.8, 4) is 0 Å². The Bertz CT molecular complexity index is 1140. The number of hydrogen-bond acceptors (Lipinski definition) is 6. The summed E-state index contributed by atoms with van der Waals surface area (Å²) in [5.74, 6) is 0.591. The van der Waals surface area contributed by atoms with Gasteiger partial charge in [0.05, 0.1) is 4.92 Å². The quantitative estimate of drug-likeness (QED) is 0.387. The Balaban J connectivity index is 1.76. The average Bonchev–Trinajstić information content (AvgIpc) is 3.02. The molecule has 26 heavy (non-hydrogen) atoms. The topological polar surface area (TPSA) is 85.3 Å². The summed E-state index contributed by atoms with van der Waals surface area (Å²) >= 11 is 6.21. The molecule has 0 aliphatic rings. The number of non-ortho nitro benzene ring substituents is 1. The van der Waals surface area contributed by atoms with E-state index >= 15 is 0 Å². The van der Waals surface area contributed by atoms with Crippen molar-refractivity contribution >= 4 is 45.2 Å². The minimum absolute atomic E-state index is 0.00521. The summed E-state index contributed by atoms with van der Waals surface area (Å²) in [5, 5.41) is 12.4. The van der Waals surface area contributed by atoms with Crippen LogP contribution in [0.25, 0.3) is 22.1 Å². The first-order valence-electron chi connectivity index (χ1n) is 7.81. The van der Waals surface area contributed by atoms with E-state index < -0.39 is 4.92 Å². The molecule has 0 unspecified atom stereocenters. The van der Waals surface area contributed by atoms with Crippen molar-refractivity contribution in [1.29, 1.82) is 0 Å². The predicted molar refractivity (Wildman–Crippen MR) is 99.5 cm³/mol. The summed E-state index contributed by atoms with van der Waals surface area (Å²) in [6.45, 7) is 0.337. The second kappa shape index (κ2) is 6.27. The van der Waals surface area contributed by atoms with Gasteiger partial charge in [-0.1, -0.05) is 23.7 Å². The third-order valence-electron chi connectivity index (χ3n) is 4.15. The second-order valence-electron chi connectivity index (χ2n) is 5.86. The van der Waals surface area contributed by atoms with E-state index in [4.69, 9.17) is 16.0 Å². The standard InChI is InChI=1S/C18H13ClN4O3/c1-22(9-11-8-12(23(24)25)6-7-14(11)19)18-17-16(20-10-21-18)13-4-2-3-5-15(13)26-17/h2-8,10H,9H2,1H3. The fraction of sp³-hybridized carbons (Fsp3) is 0.111. The monoisotopic (exact) mass is 368 g/mol. The van der Waals surface area contributed by atoms with E-state index in [-0.39, 0.29) is 5.69 Å². The molecule has 2 heterocycles. The summed E-state index contributed by atoms with van der Waals surface area (Å²) in [6, 6.07) is 12.0. The molecule has 0 atom stereocenters. The second-order valence-corrected chi connectivity index (χ2v) is 6.27. The van der Waals surface area contributed by atoms with Gasteiger partial charge < -0.3 is 9.32 Å². The van der Waals surface area contributed by atoms with Crippen LogP contribution in [0, 0.1) is 10.1 Å². The summed E-state index contributed by atoms with van der Waals surface area (Å²) in [6.07, 6.45) is 1.48. The fourth-order valence-electron chi connectivity index (χ4n) is 2.91. The van der Waals surface area contributed by atoms with Crippen LogP contribution in [0.3, 0.4) is 0 Å². The Morgan fingerprint density at radius 3 is 2.85 bits per heavy atom. The molecule has 0 aliphatic carbocycles. The largest absolute Gasteiger partial charge is 0.450 e. The van der Waals surface area contributed by atoms with Crippen LogP contribution in [0.2, 0.25) is 5.02 Å². The Morgan fingerprint density at radius 2 is 2.04 bits per heavy atom. The van der Waals surface area contributed by atoms with Crippen molar-refractivity contribution in [1.82, 2.24) is 9.97 Å². The van der Waals surface area contributed by atoms with Crippen molar-refractivity contribution in [2.45, 2.75) is 6.54 Å². The van der Waals surface area contributed by atoms with Gasteiger partial charge in [0.1, 0.15) is 17.4 Å². The van der Waals surface area contributed by atoms with Crippen molar-refractivity contribution in [2.24, 2.45) is 0 Å². The van der Waals surface area contributed by atoms with E-state index in [1.54, 1.807) is 0 Å². The molecule has 0 bridgehead atoms. The predicted octanol–water partition coefficient (Wildman–Crippen LogP) is 4.57. The highest BCUT2D eigenvalue weighted by Crippen LogP contribution is 2.33. The van der Waals surface area contributed by atoms with Gasteiger partial charge >= 0.3 is 0 Å². The van der Waals surface area contributed by atoms with E-state index in [1.165, 1.54) is 24.5 Å². The molecule has 4 aromatic rings. The number of fused-ring (bicyclic) bond motifs is 3. The van der Waals surface area contributed by atoms with Crippen LogP contribution in [0.4, 0.5) is 11.5 Å². The molecular formula is C18H13ClN4O3. The first kappa shape index (κ1) is 16.3. The third-order valence-corrected chi connectivity index (χ3v) is 4.52. The molecule has 7 nitrogen and oxygen atoms in total. The zero-order valence-electron chi connectivity index (χ0n) is 13.7. The van der Waals surface area contributed by atoms with E-state index in [1.807, 2.05) is 36.2 Å². The van der Waals surface area contributed by atoms with E-state index in [0.717, 1.165) is 16.5 Å². The molecule has 0 fully saturated rings. The first-order valence-corrected chi connectivity index (χ1v) is 8.18. The van der Waals surface area contributed by atoms with Crippen LogP contribution in [0.1, 0.15) is 5.56 Å². The number of nitro groups is 1. The maximum absolute atomic E-state index is 11.0. The molecule has 0 spiro atoms. The zero-order chi connectivity index (χ0) is 18.3. The summed E-state index contributed by atoms with van der Waals surface area (Å²) in [4.78, 5) is 21.1. The van der Waals surface area contributed by atoms with E-state index in [9.17, 15) is 10.1 Å². The molecule has 0 saturated carbocycles. The Labute approximate surface area is 153 Å². The minimum atomic E-state index is -0.442. The number of halogens is 1. The number of nitro benzene ring substituents is 1. The van der Waals surface area contributed by atoms with Crippen LogP contribution in [0.15, 0.2) is 53.2 Å². The maximum atomic E-state index is 11.0. The van der Waals surface area contributed by atoms with Crippen LogP contribution >= 0.6 is 11.6 Å². The van der Waals surface area contributed by atoms with Gasteiger partial charge in [-0.25, -0.2) is 9.97 Å². The number of nitrogens with zero attached hydrogens (tertiary/aromatic N) is 4. The highest BCUT2D eigenvalue weighted by Gasteiger charge is 2.18. The van der Waals surface area contributed by atoms with Crippen molar-refractivity contribution in [3.05, 3.63) is 69.5 Å². The molecule has 0 N–H and O–H groups in total. The smallest absolute Gasteiger partial charge is 0.269 e. The highest BCUT2D eigenvalue weighted by atomic mass is 35.5. The number of furan rings is 1. The number of hydrogen-bond donors (Lipinski definition) is 0. The Morgan fingerprint density at radius 1 is 1.23 bits per heavy atom. The molecule has 0 aliphatic heterocycles. The lowest BCUT2D eigenvalue weighted by Crippen LogP contribution is -2.18. The van der Waals surface area contributed by atoms with Crippen LogP contribution < -0.4 is 4.90 Å². The fourth-order valence-corrected chi connectivity index (χ4v) is 3.09. The molecule has 0 saturated heterocycles. The minimum Gasteiger partial charge on any atom is -0.450 e. The van der Waals surface area contributed by atoms with Crippen LogP contribution in [-0.4, -0.2) is 21.9 Å². The number of para-hydroxylation sites is 1. The lowest BCUT2D eigenvalue weighted by molar-refractivity contribution is -0.384. The van der Waals surface area contributed by atoms with Gasteiger partial charge in [-0.05, 0) is 23.8 Å². The van der Waals surface area contributed by atoms with Gasteiger partial charge in [0, 0.05) is 36.1 Å². The van der Waals surface area contributed by atoms with Crippen LogP contribution in [-0.2, 0) is 6.54 Å². The summed E-state index contributed by atoms with van der Waals surface area (Å²) in [7, 11) is 1.82. The normalized spacial score (nSPS) is 11.2. The molecule has 2 aromatic heterocycles. The maximum Gasteiger partial charge on any atom is 0.269 e. The molecule has 4 rings (SSSR count). The first-order chi connectivity index (χ1) is 12.5. The third kappa shape index (κ3) is 2.72. The van der Waals surface area contributed by atoms with Gasteiger partial charge in [-0.3, -0.25) is 10.1 Å². The Kier molecular flexibility index (Phi) is 3.93. The van der Waals surface area contributed by atoms with Gasteiger partial charge in [-0.2, -0.15) is 0 Å². The highest BCUT2D eigenvalue weighted by molar-refractivity contribution is 6.31. The number of anilines is 1. The zero-order valence-corrected chi connectivity index (χ0v) is 14.5. The van der Waals surface area contributed by atoms with Crippen molar-refractivity contribution in [3.63, 3.8) is 0 Å². The molecule has 130 valence electrons. The Hall–Kier alpha value is -3.19. The average molecular weight is 369 g/mol. The lowest BCUT2D eigenvalue weighted by Gasteiger charge is -2.18. The summed E-state index contributed by atoms with van der Waals surface area (Å²) < 4.78 is 5.93. The van der Waals surface area contributed by atoms with Crippen molar-refractivity contribution in [2.75, 3.05) is 11.9 Å². The number of aromatic nitrogens is 2. The van der Waals surface area contributed by atoms with E-state index in [2.05, 4.69) is 9.97 Å². The molecule has 2 aromatic carbocycles. The van der Waals surface area contributed by atoms with Crippen molar-refractivity contribution < 1.29 is 9.34 Å². The summed E-state index contributed by atoms with van der Waals surface area (Å²) in [5.41, 5.74) is 2.65. The van der Waals surface area contributed by atoms with E-state index in [0.29, 0.717) is 28.5 Å². The van der Waals surface area contributed by atoms with Gasteiger partial charge in [0.15, 0.2) is 11.4 Å². The molecule has 0 radical (unpaired) electrons. The SMILES string of the molecule is CN(Cc1cc([N+](=O)[O-])ccc1Cl)c1ncnc2c1oc1ccccc12. The van der Waals surface area contributed by atoms with Crippen LogP contribution in [0.5, 0.6) is 0 Å². The molecule has 0 amide bonds. The van der Waals surface area contributed by atoms with Gasteiger partial charge in [0.2, 0.25) is 0 Å². The lowest BCUT2D eigenvalue weighted by atomic mass is 10.2. The number of benzene rings is 2. The molecular weight excluding hydrogens is 356 g/mol. The van der Waals surface area contributed by atoms with Gasteiger partial charge in [0.25, 0.3) is 5.69 Å². The number of rotatable bonds is 4.